The van der Waals surface area contributed by atoms with Gasteiger partial charge in [-0.2, -0.15) is 0 Å². The average Bonchev–Trinajstić information content (AvgIpc) is 3.88. The highest BCUT2D eigenvalue weighted by atomic mass is 32.1. The molecule has 0 saturated carbocycles. The molecule has 0 radical (unpaired) electrons. The van der Waals surface area contributed by atoms with Crippen LogP contribution in [0.1, 0.15) is 103 Å². The second-order valence-corrected chi connectivity index (χ2v) is 23.0. The van der Waals surface area contributed by atoms with Crippen molar-refractivity contribution >= 4 is 67.0 Å². The zero-order chi connectivity index (χ0) is 49.6. The number of benzene rings is 9. The lowest BCUT2D eigenvalue weighted by Gasteiger charge is -2.33. The molecule has 71 heavy (non-hydrogen) atoms. The van der Waals surface area contributed by atoms with Crippen LogP contribution in [0.15, 0.2) is 206 Å². The summed E-state index contributed by atoms with van der Waals surface area (Å²) in [5.41, 5.74) is 16.9. The first-order chi connectivity index (χ1) is 34.1. The summed E-state index contributed by atoms with van der Waals surface area (Å²) < 4.78 is 0. The number of fused-ring (bicyclic) bond motifs is 2. The molecule has 3 heteroatoms. The number of hydrogen-bond donors (Lipinski definition) is 0. The maximum Gasteiger partial charge on any atom is 0.0620 e. The smallest absolute Gasteiger partial charge is 0.0620 e. The molecule has 9 aromatic carbocycles. The number of hydrogen-bond acceptors (Lipinski definition) is 3. The summed E-state index contributed by atoms with van der Waals surface area (Å²) in [6, 6.07) is 77.6. The van der Waals surface area contributed by atoms with Crippen molar-refractivity contribution in [3.05, 3.63) is 229 Å². The van der Waals surface area contributed by atoms with Gasteiger partial charge in [-0.3, -0.25) is 0 Å². The van der Waals surface area contributed by atoms with Crippen molar-refractivity contribution in [1.29, 1.82) is 0 Å². The maximum atomic E-state index is 2.51. The molecule has 10 aromatic rings. The van der Waals surface area contributed by atoms with Crippen LogP contribution < -0.4 is 9.80 Å². The summed E-state index contributed by atoms with van der Waals surface area (Å²) in [4.78, 5) is 7.56. The Hall–Kier alpha value is -7.20. The summed E-state index contributed by atoms with van der Waals surface area (Å²) >= 11 is 1.84. The third kappa shape index (κ3) is 9.56. The lowest BCUT2D eigenvalue weighted by atomic mass is 9.87. The van der Waals surface area contributed by atoms with E-state index in [4.69, 9.17) is 0 Å². The molecule has 1 aromatic heterocycles. The van der Waals surface area contributed by atoms with E-state index in [1.54, 1.807) is 0 Å². The number of anilines is 6. The van der Waals surface area contributed by atoms with Crippen molar-refractivity contribution in [3.63, 3.8) is 0 Å². The van der Waals surface area contributed by atoms with Crippen molar-refractivity contribution in [2.45, 2.75) is 91.9 Å². The molecule has 0 N–H and O–H groups in total. The van der Waals surface area contributed by atoms with Gasteiger partial charge in [0.2, 0.25) is 0 Å². The highest BCUT2D eigenvalue weighted by Crippen LogP contribution is 2.52. The zero-order valence-corrected chi connectivity index (χ0v) is 43.9. The molecule has 354 valence electrons. The van der Waals surface area contributed by atoms with Crippen LogP contribution >= 0.6 is 11.3 Å². The van der Waals surface area contributed by atoms with Gasteiger partial charge in [-0.05, 0) is 134 Å². The molecule has 0 saturated heterocycles. The molecule has 0 aliphatic heterocycles. The van der Waals surface area contributed by atoms with E-state index >= 15 is 0 Å². The molecule has 0 aliphatic carbocycles. The Morgan fingerprint density at radius 2 is 0.676 bits per heavy atom. The van der Waals surface area contributed by atoms with Crippen molar-refractivity contribution < 1.29 is 0 Å². The average molecular weight is 943 g/mol. The third-order valence-electron chi connectivity index (χ3n) is 14.2. The molecule has 0 bridgehead atoms. The van der Waals surface area contributed by atoms with E-state index in [-0.39, 0.29) is 10.8 Å². The van der Waals surface area contributed by atoms with E-state index in [2.05, 4.69) is 285 Å². The van der Waals surface area contributed by atoms with Crippen molar-refractivity contribution in [3.8, 4) is 32.0 Å². The molecular weight excluding hydrogens is 877 g/mol. The van der Waals surface area contributed by atoms with Gasteiger partial charge in [0.05, 0.1) is 11.4 Å². The summed E-state index contributed by atoms with van der Waals surface area (Å²) in [7, 11) is 0. The molecular formula is C68H66N2S. The summed E-state index contributed by atoms with van der Waals surface area (Å²) in [5.74, 6) is 0.842. The van der Waals surface area contributed by atoms with Crippen LogP contribution in [0.5, 0.6) is 0 Å². The normalized spacial score (nSPS) is 12.1. The van der Waals surface area contributed by atoms with Crippen LogP contribution in [0.2, 0.25) is 0 Å². The largest absolute Gasteiger partial charge is 0.309 e. The van der Waals surface area contributed by atoms with Gasteiger partial charge < -0.3 is 9.80 Å². The van der Waals surface area contributed by atoms with Crippen LogP contribution in [-0.2, 0) is 10.8 Å². The summed E-state index contributed by atoms with van der Waals surface area (Å²) in [6.45, 7) is 22.8. The van der Waals surface area contributed by atoms with Crippen LogP contribution in [0, 0.1) is 0 Å². The van der Waals surface area contributed by atoms with Crippen molar-refractivity contribution in [2.24, 2.45) is 0 Å². The first-order valence-corrected chi connectivity index (χ1v) is 26.2. The van der Waals surface area contributed by atoms with Crippen LogP contribution in [-0.4, -0.2) is 0 Å². The van der Waals surface area contributed by atoms with Crippen molar-refractivity contribution in [1.82, 2.24) is 0 Å². The highest BCUT2D eigenvalue weighted by molar-refractivity contribution is 7.18. The number of rotatable bonds is 11. The molecule has 0 spiro atoms. The second kappa shape index (κ2) is 19.2. The lowest BCUT2D eigenvalue weighted by Crippen LogP contribution is -2.16. The third-order valence-corrected chi connectivity index (χ3v) is 15.4. The van der Waals surface area contributed by atoms with Gasteiger partial charge in [0.25, 0.3) is 0 Å². The van der Waals surface area contributed by atoms with E-state index in [0.717, 1.165) is 34.1 Å². The minimum absolute atomic E-state index is 0.0172. The lowest BCUT2D eigenvalue weighted by molar-refractivity contribution is 0.590. The van der Waals surface area contributed by atoms with Crippen LogP contribution in [0.4, 0.5) is 34.1 Å². The molecule has 10 rings (SSSR count). The van der Waals surface area contributed by atoms with Crippen molar-refractivity contribution in [2.75, 3.05) is 9.80 Å². The first-order valence-electron chi connectivity index (χ1n) is 25.4. The molecule has 0 fully saturated rings. The SMILES string of the molecule is CC(C)c1ccc(N(c2ccc(C(C)(C)C)cc2)c2c3ccccc3c(N(c3ccc(C(C)C)cc3)c3ccc(C(C)(C)C)cc3)c3cc(-c4ccc(-c5ccc(-c6ccccc6)s5)cc4)ccc23)cc1. The Balaban J connectivity index is 1.24. The van der Waals surface area contributed by atoms with Gasteiger partial charge in [0.1, 0.15) is 0 Å². The molecule has 0 aliphatic rings. The monoisotopic (exact) mass is 942 g/mol. The van der Waals surface area contributed by atoms with Crippen LogP contribution in [0.3, 0.4) is 0 Å². The Bertz CT molecular complexity index is 3440. The summed E-state index contributed by atoms with van der Waals surface area (Å²) in [6.07, 6.45) is 0. The fraction of sp³-hybridized carbons (Fsp3) is 0.206. The fourth-order valence-corrected chi connectivity index (χ4v) is 10.9. The highest BCUT2D eigenvalue weighted by Gasteiger charge is 2.27. The van der Waals surface area contributed by atoms with Gasteiger partial charge in [-0.1, -0.05) is 209 Å². The molecule has 1 heterocycles. The molecule has 0 amide bonds. The zero-order valence-electron chi connectivity index (χ0n) is 43.1. The topological polar surface area (TPSA) is 6.48 Å². The Kier molecular flexibility index (Phi) is 12.8. The van der Waals surface area contributed by atoms with Gasteiger partial charge in [-0.15, -0.1) is 11.3 Å². The first kappa shape index (κ1) is 47.5. The van der Waals surface area contributed by atoms with Gasteiger partial charge >= 0.3 is 0 Å². The van der Waals surface area contributed by atoms with E-state index in [9.17, 15) is 0 Å². The number of thiophene rings is 1. The van der Waals surface area contributed by atoms with E-state index < -0.39 is 0 Å². The van der Waals surface area contributed by atoms with E-state index in [1.165, 1.54) is 75.8 Å². The Labute approximate surface area is 426 Å². The Morgan fingerprint density at radius 3 is 1.10 bits per heavy atom. The molecule has 0 atom stereocenters. The maximum absolute atomic E-state index is 2.51. The number of nitrogens with zero attached hydrogens (tertiary/aromatic N) is 2. The molecule has 0 unspecified atom stereocenters. The standard InChI is InChI=1S/C68H66N2S/c1-45(2)47-24-33-55(34-25-47)69(57-37-29-53(30-38-57)67(5,6)7)65-59-18-14-15-19-60(59)66(70(56-35-26-48(27-36-56)46(3)4)58-39-31-54(32-40-58)68(8,9)10)62-44-52(28-41-61(62)65)49-20-22-51(23-21-49)64-43-42-63(71-64)50-16-12-11-13-17-50/h11-46H,1-10H3. The van der Waals surface area contributed by atoms with Gasteiger partial charge in [0, 0.05) is 54.0 Å². The predicted octanol–water partition coefficient (Wildman–Crippen LogP) is 20.8. The quantitative estimate of drug-likeness (QED) is 0.0942. The van der Waals surface area contributed by atoms with Gasteiger partial charge in [-0.25, -0.2) is 0 Å². The second-order valence-electron chi connectivity index (χ2n) is 21.9. The Morgan fingerprint density at radius 1 is 0.324 bits per heavy atom. The van der Waals surface area contributed by atoms with Crippen LogP contribution in [0.25, 0.3) is 53.6 Å². The minimum Gasteiger partial charge on any atom is -0.309 e. The summed E-state index contributed by atoms with van der Waals surface area (Å²) in [5, 5.41) is 4.71. The van der Waals surface area contributed by atoms with Gasteiger partial charge in [0.15, 0.2) is 0 Å². The molecule has 2 nitrogen and oxygen atoms in total. The fourth-order valence-electron chi connectivity index (χ4n) is 9.92. The predicted molar refractivity (Wildman–Crippen MR) is 311 cm³/mol. The minimum atomic E-state index is 0.0172. The van der Waals surface area contributed by atoms with E-state index in [1.807, 2.05) is 11.3 Å². The van der Waals surface area contributed by atoms with E-state index in [0.29, 0.717) is 11.8 Å².